The fourth-order valence-electron chi connectivity index (χ4n) is 1.66. The summed E-state index contributed by atoms with van der Waals surface area (Å²) in [4.78, 5) is 0. The smallest absolute Gasteiger partial charge is 0.0852 e. The molecule has 0 heterocycles. The van der Waals surface area contributed by atoms with Crippen LogP contribution in [0.2, 0.25) is 0 Å². The largest absolute Gasteiger partial charge is 0.388 e. The summed E-state index contributed by atoms with van der Waals surface area (Å²) < 4.78 is 5.10. The standard InChI is InChI=1S/C12H19NO2/c1-13-8-11(9-15-2)12(14)10-6-4-3-5-7-10/h3-7,11-14H,8-9H2,1-2H3/t11-,12?/m0/s1. The molecule has 15 heavy (non-hydrogen) atoms. The second kappa shape index (κ2) is 6.56. The van der Waals surface area contributed by atoms with Gasteiger partial charge in [0.15, 0.2) is 0 Å². The molecule has 0 aliphatic heterocycles. The minimum absolute atomic E-state index is 0.0856. The average Bonchev–Trinajstić information content (AvgIpc) is 2.29. The van der Waals surface area contributed by atoms with E-state index in [1.54, 1.807) is 7.11 Å². The molecule has 84 valence electrons. The van der Waals surface area contributed by atoms with E-state index >= 15 is 0 Å². The fourth-order valence-corrected chi connectivity index (χ4v) is 1.66. The number of hydrogen-bond acceptors (Lipinski definition) is 3. The van der Waals surface area contributed by atoms with Crippen molar-refractivity contribution in [1.82, 2.24) is 5.32 Å². The first kappa shape index (κ1) is 12.2. The molecule has 0 aromatic heterocycles. The molecular formula is C12H19NO2. The predicted octanol–water partition coefficient (Wildman–Crippen LogP) is 1.20. The van der Waals surface area contributed by atoms with Crippen LogP contribution in [0.4, 0.5) is 0 Å². The molecule has 3 nitrogen and oxygen atoms in total. The van der Waals surface area contributed by atoms with Crippen molar-refractivity contribution < 1.29 is 9.84 Å². The van der Waals surface area contributed by atoms with Crippen molar-refractivity contribution in [3.63, 3.8) is 0 Å². The van der Waals surface area contributed by atoms with Crippen LogP contribution in [-0.4, -0.2) is 32.4 Å². The van der Waals surface area contributed by atoms with Crippen LogP contribution in [0.25, 0.3) is 0 Å². The lowest BCUT2D eigenvalue weighted by molar-refractivity contribution is 0.0482. The molecule has 0 bridgehead atoms. The summed E-state index contributed by atoms with van der Waals surface area (Å²) in [7, 11) is 3.53. The quantitative estimate of drug-likeness (QED) is 0.739. The molecule has 2 atom stereocenters. The maximum Gasteiger partial charge on any atom is 0.0852 e. The molecule has 1 aromatic carbocycles. The summed E-state index contributed by atoms with van der Waals surface area (Å²) in [6, 6.07) is 9.68. The maximum absolute atomic E-state index is 10.1. The summed E-state index contributed by atoms with van der Waals surface area (Å²) >= 11 is 0. The minimum atomic E-state index is -0.474. The van der Waals surface area contributed by atoms with Crippen molar-refractivity contribution in [2.24, 2.45) is 5.92 Å². The molecule has 2 N–H and O–H groups in total. The molecule has 0 fully saturated rings. The van der Waals surface area contributed by atoms with Crippen LogP contribution in [0.3, 0.4) is 0 Å². The van der Waals surface area contributed by atoms with Gasteiger partial charge < -0.3 is 15.2 Å². The molecule has 0 aliphatic rings. The van der Waals surface area contributed by atoms with Gasteiger partial charge in [-0.25, -0.2) is 0 Å². The number of aliphatic hydroxyl groups excluding tert-OH is 1. The maximum atomic E-state index is 10.1. The van der Waals surface area contributed by atoms with Gasteiger partial charge in [0.1, 0.15) is 0 Å². The number of rotatable bonds is 6. The number of methoxy groups -OCH3 is 1. The molecule has 1 unspecified atom stereocenters. The third kappa shape index (κ3) is 3.63. The van der Waals surface area contributed by atoms with Crippen LogP contribution in [-0.2, 0) is 4.74 Å². The van der Waals surface area contributed by atoms with Crippen LogP contribution in [0.1, 0.15) is 11.7 Å². The van der Waals surface area contributed by atoms with Crippen LogP contribution >= 0.6 is 0 Å². The second-order valence-corrected chi connectivity index (χ2v) is 3.63. The summed E-state index contributed by atoms with van der Waals surface area (Å²) in [5.41, 5.74) is 0.940. The Hall–Kier alpha value is -0.900. The molecule has 1 rings (SSSR count). The first-order valence-corrected chi connectivity index (χ1v) is 5.16. The van der Waals surface area contributed by atoms with E-state index in [0.29, 0.717) is 6.61 Å². The molecule has 1 aromatic rings. The van der Waals surface area contributed by atoms with Crippen LogP contribution < -0.4 is 5.32 Å². The van der Waals surface area contributed by atoms with E-state index in [-0.39, 0.29) is 5.92 Å². The van der Waals surface area contributed by atoms with Gasteiger partial charge in [0.2, 0.25) is 0 Å². The molecule has 0 saturated carbocycles. The number of benzene rings is 1. The monoisotopic (exact) mass is 209 g/mol. The SMILES string of the molecule is CNC[C@@H](COC)C(O)c1ccccc1. The summed E-state index contributed by atoms with van der Waals surface area (Å²) in [5.74, 6) is 0.0856. The number of hydrogen-bond donors (Lipinski definition) is 2. The lowest BCUT2D eigenvalue weighted by Gasteiger charge is -2.22. The van der Waals surface area contributed by atoms with E-state index in [2.05, 4.69) is 5.32 Å². The molecule has 3 heteroatoms. The second-order valence-electron chi connectivity index (χ2n) is 3.63. The Morgan fingerprint density at radius 1 is 1.33 bits per heavy atom. The first-order valence-electron chi connectivity index (χ1n) is 5.16. The van der Waals surface area contributed by atoms with E-state index in [9.17, 15) is 5.11 Å². The van der Waals surface area contributed by atoms with Crippen LogP contribution in [0.15, 0.2) is 30.3 Å². The van der Waals surface area contributed by atoms with Crippen molar-refractivity contribution in [3.8, 4) is 0 Å². The van der Waals surface area contributed by atoms with Crippen molar-refractivity contribution >= 4 is 0 Å². The average molecular weight is 209 g/mol. The van der Waals surface area contributed by atoms with Gasteiger partial charge in [-0.15, -0.1) is 0 Å². The van der Waals surface area contributed by atoms with E-state index < -0.39 is 6.10 Å². The number of nitrogens with one attached hydrogen (secondary N) is 1. The summed E-state index contributed by atoms with van der Waals surface area (Å²) in [6.07, 6.45) is -0.474. The predicted molar refractivity (Wildman–Crippen MR) is 60.7 cm³/mol. The third-order valence-electron chi connectivity index (χ3n) is 2.43. The van der Waals surface area contributed by atoms with Crippen LogP contribution in [0.5, 0.6) is 0 Å². The van der Waals surface area contributed by atoms with Crippen molar-refractivity contribution in [2.75, 3.05) is 27.3 Å². The Balaban J connectivity index is 2.67. The molecule has 0 saturated heterocycles. The lowest BCUT2D eigenvalue weighted by Crippen LogP contribution is -2.28. The highest BCUT2D eigenvalue weighted by molar-refractivity contribution is 5.18. The highest BCUT2D eigenvalue weighted by Crippen LogP contribution is 2.21. The van der Waals surface area contributed by atoms with Crippen molar-refractivity contribution in [3.05, 3.63) is 35.9 Å². The Morgan fingerprint density at radius 2 is 2.00 bits per heavy atom. The zero-order valence-corrected chi connectivity index (χ0v) is 9.31. The van der Waals surface area contributed by atoms with Crippen molar-refractivity contribution in [2.45, 2.75) is 6.10 Å². The molecule has 0 spiro atoms. The molecular weight excluding hydrogens is 190 g/mol. The zero-order chi connectivity index (χ0) is 11.1. The van der Waals surface area contributed by atoms with Gasteiger partial charge in [-0.05, 0) is 12.6 Å². The lowest BCUT2D eigenvalue weighted by atomic mass is 9.96. The van der Waals surface area contributed by atoms with E-state index in [0.717, 1.165) is 12.1 Å². The van der Waals surface area contributed by atoms with Gasteiger partial charge in [0.05, 0.1) is 12.7 Å². The molecule has 0 aliphatic carbocycles. The van der Waals surface area contributed by atoms with Gasteiger partial charge in [0.25, 0.3) is 0 Å². The Kier molecular flexibility index (Phi) is 5.32. The highest BCUT2D eigenvalue weighted by atomic mass is 16.5. The van der Waals surface area contributed by atoms with E-state index in [1.165, 1.54) is 0 Å². The van der Waals surface area contributed by atoms with Crippen molar-refractivity contribution in [1.29, 1.82) is 0 Å². The number of aliphatic hydroxyl groups is 1. The normalized spacial score (nSPS) is 14.9. The minimum Gasteiger partial charge on any atom is -0.388 e. The molecule has 0 radical (unpaired) electrons. The fraction of sp³-hybridized carbons (Fsp3) is 0.500. The van der Waals surface area contributed by atoms with E-state index in [1.807, 2.05) is 37.4 Å². The summed E-state index contributed by atoms with van der Waals surface area (Å²) in [5, 5.41) is 13.2. The highest BCUT2D eigenvalue weighted by Gasteiger charge is 2.19. The van der Waals surface area contributed by atoms with Crippen LogP contribution in [0, 0.1) is 5.92 Å². The Morgan fingerprint density at radius 3 is 2.53 bits per heavy atom. The zero-order valence-electron chi connectivity index (χ0n) is 9.31. The number of ether oxygens (including phenoxy) is 1. The van der Waals surface area contributed by atoms with Gasteiger partial charge in [-0.1, -0.05) is 30.3 Å². The first-order chi connectivity index (χ1) is 7.29. The topological polar surface area (TPSA) is 41.5 Å². The van der Waals surface area contributed by atoms with Gasteiger partial charge in [0, 0.05) is 19.6 Å². The Labute approximate surface area is 91.1 Å². The van der Waals surface area contributed by atoms with Gasteiger partial charge >= 0.3 is 0 Å². The third-order valence-corrected chi connectivity index (χ3v) is 2.43. The van der Waals surface area contributed by atoms with E-state index in [4.69, 9.17) is 4.74 Å². The van der Waals surface area contributed by atoms with Gasteiger partial charge in [-0.3, -0.25) is 0 Å². The molecule has 0 amide bonds. The Bertz CT molecular complexity index is 258. The van der Waals surface area contributed by atoms with Gasteiger partial charge in [-0.2, -0.15) is 0 Å². The summed E-state index contributed by atoms with van der Waals surface area (Å²) in [6.45, 7) is 1.29.